The molecule has 0 spiro atoms. The summed E-state index contributed by atoms with van der Waals surface area (Å²) in [5, 5.41) is 10.1. The maximum absolute atomic E-state index is 14.0. The van der Waals surface area contributed by atoms with Crippen LogP contribution in [0.5, 0.6) is 5.75 Å². The topological polar surface area (TPSA) is 92.6 Å². The first-order valence-electron chi connectivity index (χ1n) is 12.8. The smallest absolute Gasteiger partial charge is 0.348 e. The van der Waals surface area contributed by atoms with Crippen LogP contribution in [-0.2, 0) is 10.2 Å². The van der Waals surface area contributed by atoms with Crippen molar-refractivity contribution in [1.82, 2.24) is 9.97 Å². The maximum Gasteiger partial charge on any atom is 0.348 e. The molecule has 0 saturated heterocycles. The SMILES string of the molecule is CC(C)(C)c1cc(N(C(=O)[C@H]2CC[C@H](C)CC2)[C@H]2CC[C@H](Oc3cncnc3)CC2)c(C(=O)O)s1. The van der Waals surface area contributed by atoms with E-state index in [9.17, 15) is 14.7 Å². The molecular weight excluding hydrogens is 462 g/mol. The summed E-state index contributed by atoms with van der Waals surface area (Å²) in [5.74, 6) is 0.391. The quantitative estimate of drug-likeness (QED) is 0.517. The molecule has 8 heteroatoms. The normalized spacial score (nSPS) is 25.1. The molecule has 7 nitrogen and oxygen atoms in total. The standard InChI is InChI=1S/C27H37N3O4S/c1-17-5-7-18(8-6-17)25(31)30(22-13-23(27(2,3)4)35-24(22)26(32)33)19-9-11-20(12-10-19)34-21-14-28-16-29-15-21/h13-20H,5-12H2,1-4H3,(H,32,33)/t17-,18-,19-,20-. The summed E-state index contributed by atoms with van der Waals surface area (Å²) >= 11 is 1.30. The second-order valence-corrected chi connectivity index (χ2v) is 12.2. The first kappa shape index (κ1) is 25.6. The first-order chi connectivity index (χ1) is 16.6. The predicted octanol–water partition coefficient (Wildman–Crippen LogP) is 6.08. The lowest BCUT2D eigenvalue weighted by molar-refractivity contribution is -0.124. The van der Waals surface area contributed by atoms with E-state index in [4.69, 9.17) is 4.74 Å². The van der Waals surface area contributed by atoms with E-state index in [0.717, 1.165) is 56.2 Å². The highest BCUT2D eigenvalue weighted by atomic mass is 32.1. The van der Waals surface area contributed by atoms with Crippen LogP contribution in [0.2, 0.25) is 0 Å². The molecule has 1 N–H and O–H groups in total. The van der Waals surface area contributed by atoms with Crippen LogP contribution in [0.15, 0.2) is 24.8 Å². The van der Waals surface area contributed by atoms with Crippen molar-refractivity contribution in [3.05, 3.63) is 34.5 Å². The minimum Gasteiger partial charge on any atom is -0.487 e. The van der Waals surface area contributed by atoms with Gasteiger partial charge in [-0.05, 0) is 68.8 Å². The highest BCUT2D eigenvalue weighted by Gasteiger charge is 2.38. The Bertz CT molecular complexity index is 1020. The largest absolute Gasteiger partial charge is 0.487 e. The number of carboxylic acid groups (broad SMARTS) is 1. The first-order valence-corrected chi connectivity index (χ1v) is 13.6. The van der Waals surface area contributed by atoms with Gasteiger partial charge in [-0.1, -0.05) is 27.7 Å². The maximum atomic E-state index is 14.0. The van der Waals surface area contributed by atoms with Gasteiger partial charge in [0.1, 0.15) is 11.2 Å². The van der Waals surface area contributed by atoms with Crippen molar-refractivity contribution < 1.29 is 19.4 Å². The van der Waals surface area contributed by atoms with Crippen LogP contribution in [0.4, 0.5) is 5.69 Å². The predicted molar refractivity (Wildman–Crippen MR) is 137 cm³/mol. The van der Waals surface area contributed by atoms with E-state index in [1.807, 2.05) is 11.0 Å². The third kappa shape index (κ3) is 6.02. The molecule has 2 fully saturated rings. The van der Waals surface area contributed by atoms with Crippen LogP contribution in [-0.4, -0.2) is 39.1 Å². The molecule has 0 aliphatic heterocycles. The molecule has 4 rings (SSSR count). The monoisotopic (exact) mass is 499 g/mol. The summed E-state index contributed by atoms with van der Waals surface area (Å²) in [4.78, 5) is 37.5. The van der Waals surface area contributed by atoms with Crippen molar-refractivity contribution >= 4 is 28.9 Å². The summed E-state index contributed by atoms with van der Waals surface area (Å²) < 4.78 is 6.07. The van der Waals surface area contributed by atoms with Gasteiger partial charge in [0.25, 0.3) is 0 Å². The average Bonchev–Trinajstić information content (AvgIpc) is 3.27. The fourth-order valence-electron chi connectivity index (χ4n) is 5.24. The number of rotatable bonds is 6. The lowest BCUT2D eigenvalue weighted by Crippen LogP contribution is -2.47. The molecule has 2 aliphatic rings. The Kier molecular flexibility index (Phi) is 7.79. The summed E-state index contributed by atoms with van der Waals surface area (Å²) in [6.45, 7) is 8.49. The summed E-state index contributed by atoms with van der Waals surface area (Å²) in [5.41, 5.74) is 0.391. The Morgan fingerprint density at radius 1 is 1.03 bits per heavy atom. The van der Waals surface area contributed by atoms with E-state index in [0.29, 0.717) is 17.4 Å². The molecule has 35 heavy (non-hydrogen) atoms. The third-order valence-electron chi connectivity index (χ3n) is 7.36. The number of hydrogen-bond acceptors (Lipinski definition) is 6. The van der Waals surface area contributed by atoms with Gasteiger partial charge in [-0.25, -0.2) is 14.8 Å². The second kappa shape index (κ2) is 10.6. The van der Waals surface area contributed by atoms with E-state index in [1.54, 1.807) is 12.4 Å². The average molecular weight is 500 g/mol. The Morgan fingerprint density at radius 3 is 2.23 bits per heavy atom. The Morgan fingerprint density at radius 2 is 1.66 bits per heavy atom. The van der Waals surface area contributed by atoms with Crippen molar-refractivity contribution in [2.75, 3.05) is 4.90 Å². The number of carbonyl (C=O) groups excluding carboxylic acids is 1. The minimum atomic E-state index is -0.961. The number of carbonyl (C=O) groups is 2. The number of aromatic carboxylic acids is 1. The van der Waals surface area contributed by atoms with Gasteiger partial charge in [-0.2, -0.15) is 0 Å². The van der Waals surface area contributed by atoms with Gasteiger partial charge in [0, 0.05) is 16.8 Å². The molecule has 2 aliphatic carbocycles. The summed E-state index contributed by atoms with van der Waals surface area (Å²) in [6.07, 6.45) is 11.8. The molecule has 0 radical (unpaired) electrons. The number of amides is 1. The van der Waals surface area contributed by atoms with E-state index in [2.05, 4.69) is 37.7 Å². The number of hydrogen-bond donors (Lipinski definition) is 1. The number of aromatic nitrogens is 2. The van der Waals surface area contributed by atoms with Crippen molar-refractivity contribution in [2.24, 2.45) is 11.8 Å². The van der Waals surface area contributed by atoms with Gasteiger partial charge < -0.3 is 14.7 Å². The third-order valence-corrected chi connectivity index (χ3v) is 8.89. The van der Waals surface area contributed by atoms with Gasteiger partial charge in [0.15, 0.2) is 5.75 Å². The van der Waals surface area contributed by atoms with Gasteiger partial charge in [-0.3, -0.25) is 4.79 Å². The molecule has 2 aromatic heterocycles. The van der Waals surface area contributed by atoms with E-state index < -0.39 is 5.97 Å². The zero-order valence-electron chi connectivity index (χ0n) is 21.2. The van der Waals surface area contributed by atoms with Gasteiger partial charge in [-0.15, -0.1) is 11.3 Å². The van der Waals surface area contributed by atoms with Crippen molar-refractivity contribution in [3.8, 4) is 5.75 Å². The molecular formula is C27H37N3O4S. The van der Waals surface area contributed by atoms with Crippen LogP contribution in [0.3, 0.4) is 0 Å². The Hall–Kier alpha value is -2.48. The van der Waals surface area contributed by atoms with Crippen molar-refractivity contribution in [2.45, 2.75) is 96.6 Å². The molecule has 2 heterocycles. The highest BCUT2D eigenvalue weighted by molar-refractivity contribution is 7.14. The zero-order chi connectivity index (χ0) is 25.2. The molecule has 190 valence electrons. The van der Waals surface area contributed by atoms with Crippen molar-refractivity contribution in [3.63, 3.8) is 0 Å². The summed E-state index contributed by atoms with van der Waals surface area (Å²) in [7, 11) is 0. The zero-order valence-corrected chi connectivity index (χ0v) is 22.0. The number of nitrogens with zero attached hydrogens (tertiary/aromatic N) is 3. The van der Waals surface area contributed by atoms with Crippen LogP contribution in [0, 0.1) is 11.8 Å². The number of ether oxygens (including phenoxy) is 1. The molecule has 0 bridgehead atoms. The minimum absolute atomic E-state index is 0.0331. The fraction of sp³-hybridized carbons (Fsp3) is 0.630. The number of anilines is 1. The molecule has 0 aromatic carbocycles. The lowest BCUT2D eigenvalue weighted by Gasteiger charge is -2.39. The Balaban J connectivity index is 1.60. The van der Waals surface area contributed by atoms with Gasteiger partial charge in [0.05, 0.1) is 24.2 Å². The number of carboxylic acids is 1. The highest BCUT2D eigenvalue weighted by Crippen LogP contribution is 2.42. The van der Waals surface area contributed by atoms with Crippen LogP contribution < -0.4 is 9.64 Å². The van der Waals surface area contributed by atoms with E-state index >= 15 is 0 Å². The lowest BCUT2D eigenvalue weighted by atomic mass is 9.81. The fourth-order valence-corrected chi connectivity index (χ4v) is 6.29. The van der Waals surface area contributed by atoms with Gasteiger partial charge in [0.2, 0.25) is 5.91 Å². The molecule has 0 unspecified atom stereocenters. The Labute approximate surface area is 211 Å². The second-order valence-electron chi connectivity index (χ2n) is 11.2. The van der Waals surface area contributed by atoms with E-state index in [1.165, 1.54) is 17.7 Å². The van der Waals surface area contributed by atoms with Crippen LogP contribution in [0.1, 0.15) is 93.6 Å². The van der Waals surface area contributed by atoms with Crippen LogP contribution in [0.25, 0.3) is 0 Å². The van der Waals surface area contributed by atoms with Gasteiger partial charge >= 0.3 is 5.97 Å². The molecule has 2 aromatic rings. The van der Waals surface area contributed by atoms with Crippen LogP contribution >= 0.6 is 11.3 Å². The van der Waals surface area contributed by atoms with E-state index in [-0.39, 0.29) is 34.3 Å². The molecule has 0 atom stereocenters. The summed E-state index contributed by atoms with van der Waals surface area (Å²) in [6, 6.07) is 1.93. The molecule has 2 saturated carbocycles. The molecule has 1 amide bonds. The van der Waals surface area contributed by atoms with Crippen molar-refractivity contribution in [1.29, 1.82) is 0 Å². The number of thiophene rings is 1.